The van der Waals surface area contributed by atoms with Crippen molar-refractivity contribution >= 4 is 0 Å². The van der Waals surface area contributed by atoms with Crippen molar-refractivity contribution in [3.8, 4) is 0 Å². The van der Waals surface area contributed by atoms with Crippen molar-refractivity contribution in [2.45, 2.75) is 20.8 Å². The SMILES string of the molecule is CC1=C(N)C(C)C(C)C=C1. The van der Waals surface area contributed by atoms with E-state index in [-0.39, 0.29) is 0 Å². The second-order valence-corrected chi connectivity index (χ2v) is 3.15. The molecule has 1 aliphatic rings. The lowest BCUT2D eigenvalue weighted by atomic mass is 9.86. The number of nitrogens with two attached hydrogens (primary N) is 1. The fourth-order valence-electron chi connectivity index (χ4n) is 1.20. The molecule has 1 heteroatoms. The van der Waals surface area contributed by atoms with Crippen LogP contribution in [0.25, 0.3) is 0 Å². The summed E-state index contributed by atoms with van der Waals surface area (Å²) >= 11 is 0. The Balaban J connectivity index is 2.88. The maximum absolute atomic E-state index is 5.84. The van der Waals surface area contributed by atoms with Gasteiger partial charge in [-0.2, -0.15) is 0 Å². The third-order valence-corrected chi connectivity index (χ3v) is 2.38. The summed E-state index contributed by atoms with van der Waals surface area (Å²) in [7, 11) is 0. The normalized spacial score (nSPS) is 33.1. The monoisotopic (exact) mass is 137 g/mol. The van der Waals surface area contributed by atoms with E-state index < -0.39 is 0 Å². The summed E-state index contributed by atoms with van der Waals surface area (Å²) in [5, 5.41) is 0. The molecule has 1 aliphatic carbocycles. The molecule has 1 nitrogen and oxygen atoms in total. The number of rotatable bonds is 0. The zero-order chi connectivity index (χ0) is 7.72. The highest BCUT2D eigenvalue weighted by Gasteiger charge is 2.16. The largest absolute Gasteiger partial charge is 0.402 e. The average molecular weight is 137 g/mol. The number of allylic oxidation sites excluding steroid dienone is 4. The smallest absolute Gasteiger partial charge is 0.0145 e. The van der Waals surface area contributed by atoms with Gasteiger partial charge in [0.25, 0.3) is 0 Å². The molecule has 2 unspecified atom stereocenters. The van der Waals surface area contributed by atoms with Crippen molar-refractivity contribution in [2.75, 3.05) is 0 Å². The highest BCUT2D eigenvalue weighted by molar-refractivity contribution is 5.28. The van der Waals surface area contributed by atoms with E-state index in [0.717, 1.165) is 5.70 Å². The van der Waals surface area contributed by atoms with Crippen LogP contribution in [-0.4, -0.2) is 0 Å². The van der Waals surface area contributed by atoms with Crippen LogP contribution in [0.2, 0.25) is 0 Å². The van der Waals surface area contributed by atoms with Crippen LogP contribution in [0.4, 0.5) is 0 Å². The Bertz CT molecular complexity index is 189. The molecule has 0 spiro atoms. The molecule has 0 fully saturated rings. The molecule has 0 aromatic heterocycles. The van der Waals surface area contributed by atoms with Gasteiger partial charge in [0.1, 0.15) is 0 Å². The van der Waals surface area contributed by atoms with Gasteiger partial charge in [0.15, 0.2) is 0 Å². The van der Waals surface area contributed by atoms with Gasteiger partial charge in [0, 0.05) is 11.6 Å². The first-order chi connectivity index (χ1) is 4.63. The molecule has 1 rings (SSSR count). The fourth-order valence-corrected chi connectivity index (χ4v) is 1.20. The quantitative estimate of drug-likeness (QED) is 0.543. The Morgan fingerprint density at radius 2 is 2.00 bits per heavy atom. The predicted molar refractivity (Wildman–Crippen MR) is 44.4 cm³/mol. The number of hydrogen-bond donors (Lipinski definition) is 1. The first-order valence-electron chi connectivity index (χ1n) is 3.77. The van der Waals surface area contributed by atoms with E-state index in [1.807, 2.05) is 0 Å². The van der Waals surface area contributed by atoms with E-state index in [1.165, 1.54) is 5.57 Å². The maximum atomic E-state index is 5.84. The van der Waals surface area contributed by atoms with Crippen LogP contribution in [0, 0.1) is 11.8 Å². The molecule has 0 aromatic carbocycles. The lowest BCUT2D eigenvalue weighted by Crippen LogP contribution is -2.19. The van der Waals surface area contributed by atoms with Crippen LogP contribution in [0.15, 0.2) is 23.4 Å². The van der Waals surface area contributed by atoms with Gasteiger partial charge >= 0.3 is 0 Å². The first-order valence-corrected chi connectivity index (χ1v) is 3.77. The van der Waals surface area contributed by atoms with Gasteiger partial charge in [-0.1, -0.05) is 26.0 Å². The van der Waals surface area contributed by atoms with E-state index >= 15 is 0 Å². The minimum atomic E-state index is 0.519. The lowest BCUT2D eigenvalue weighted by molar-refractivity contribution is 0.513. The van der Waals surface area contributed by atoms with Crippen LogP contribution in [0.1, 0.15) is 20.8 Å². The van der Waals surface area contributed by atoms with E-state index in [4.69, 9.17) is 5.73 Å². The fraction of sp³-hybridized carbons (Fsp3) is 0.556. The van der Waals surface area contributed by atoms with Crippen molar-refractivity contribution in [1.29, 1.82) is 0 Å². The zero-order valence-electron chi connectivity index (χ0n) is 6.89. The van der Waals surface area contributed by atoms with E-state index in [9.17, 15) is 0 Å². The Morgan fingerprint density at radius 1 is 1.40 bits per heavy atom. The first kappa shape index (κ1) is 7.39. The molecule has 0 aromatic rings. The molecule has 0 radical (unpaired) electrons. The average Bonchev–Trinajstić information content (AvgIpc) is 1.93. The lowest BCUT2D eigenvalue weighted by Gasteiger charge is -2.22. The molecule has 56 valence electrons. The van der Waals surface area contributed by atoms with Crippen LogP contribution in [0.3, 0.4) is 0 Å². The second-order valence-electron chi connectivity index (χ2n) is 3.15. The van der Waals surface area contributed by atoms with Gasteiger partial charge in [0.2, 0.25) is 0 Å². The number of hydrogen-bond acceptors (Lipinski definition) is 1. The van der Waals surface area contributed by atoms with Crippen molar-refractivity contribution < 1.29 is 0 Å². The van der Waals surface area contributed by atoms with Crippen LogP contribution in [0.5, 0.6) is 0 Å². The van der Waals surface area contributed by atoms with Gasteiger partial charge in [-0.25, -0.2) is 0 Å². The van der Waals surface area contributed by atoms with Crippen LogP contribution in [-0.2, 0) is 0 Å². The molecule has 2 N–H and O–H groups in total. The minimum Gasteiger partial charge on any atom is -0.402 e. The Labute approximate surface area is 62.6 Å². The zero-order valence-corrected chi connectivity index (χ0v) is 6.89. The van der Waals surface area contributed by atoms with Gasteiger partial charge in [0.05, 0.1) is 0 Å². The van der Waals surface area contributed by atoms with Gasteiger partial charge in [-0.05, 0) is 18.4 Å². The Kier molecular flexibility index (Phi) is 1.84. The highest BCUT2D eigenvalue weighted by atomic mass is 14.6. The summed E-state index contributed by atoms with van der Waals surface area (Å²) in [6, 6.07) is 0. The minimum absolute atomic E-state index is 0.519. The van der Waals surface area contributed by atoms with Crippen LogP contribution >= 0.6 is 0 Å². The van der Waals surface area contributed by atoms with E-state index in [1.54, 1.807) is 0 Å². The third kappa shape index (κ3) is 1.08. The van der Waals surface area contributed by atoms with Crippen molar-refractivity contribution in [1.82, 2.24) is 0 Å². The molecule has 0 amide bonds. The molecular formula is C9H15N. The van der Waals surface area contributed by atoms with Crippen molar-refractivity contribution in [2.24, 2.45) is 17.6 Å². The van der Waals surface area contributed by atoms with Gasteiger partial charge in [-0.15, -0.1) is 0 Å². The van der Waals surface area contributed by atoms with Gasteiger partial charge in [-0.3, -0.25) is 0 Å². The molecular weight excluding hydrogens is 122 g/mol. The summed E-state index contributed by atoms with van der Waals surface area (Å²) < 4.78 is 0. The maximum Gasteiger partial charge on any atom is 0.0145 e. The molecule has 0 saturated heterocycles. The molecule has 10 heavy (non-hydrogen) atoms. The molecule has 0 saturated carbocycles. The Morgan fingerprint density at radius 3 is 2.50 bits per heavy atom. The molecule has 0 bridgehead atoms. The highest BCUT2D eigenvalue weighted by Crippen LogP contribution is 2.25. The molecule has 0 heterocycles. The topological polar surface area (TPSA) is 26.0 Å². The summed E-state index contributed by atoms with van der Waals surface area (Å²) in [4.78, 5) is 0. The predicted octanol–water partition coefficient (Wildman–Crippen LogP) is 2.06. The van der Waals surface area contributed by atoms with Crippen LogP contribution < -0.4 is 5.73 Å². The Hall–Kier alpha value is -0.720. The summed E-state index contributed by atoms with van der Waals surface area (Å²) in [6.45, 7) is 6.43. The van der Waals surface area contributed by atoms with Crippen molar-refractivity contribution in [3.05, 3.63) is 23.4 Å². The summed E-state index contributed by atoms with van der Waals surface area (Å²) in [5.41, 5.74) is 8.12. The van der Waals surface area contributed by atoms with E-state index in [2.05, 4.69) is 32.9 Å². The summed E-state index contributed by atoms with van der Waals surface area (Å²) in [5.74, 6) is 1.12. The standard InChI is InChI=1S/C9H15N/c1-6-4-5-7(2)9(10)8(6)3/h4-6,8H,10H2,1-3H3. The van der Waals surface area contributed by atoms with E-state index in [0.29, 0.717) is 11.8 Å². The summed E-state index contributed by atoms with van der Waals surface area (Å²) in [6.07, 6.45) is 4.33. The van der Waals surface area contributed by atoms with Gasteiger partial charge < -0.3 is 5.73 Å². The third-order valence-electron chi connectivity index (χ3n) is 2.38. The molecule has 2 atom stereocenters. The van der Waals surface area contributed by atoms with Crippen molar-refractivity contribution in [3.63, 3.8) is 0 Å². The molecule has 0 aliphatic heterocycles. The second kappa shape index (κ2) is 2.49.